The molecule has 108 valence electrons. The smallest absolute Gasteiger partial charge is 0.274 e. The van der Waals surface area contributed by atoms with Crippen molar-refractivity contribution in [2.45, 2.75) is 32.7 Å². The Morgan fingerprint density at radius 2 is 2.05 bits per heavy atom. The molecule has 0 spiro atoms. The van der Waals surface area contributed by atoms with Crippen molar-refractivity contribution in [2.24, 2.45) is 0 Å². The minimum absolute atomic E-state index is 0.178. The summed E-state index contributed by atoms with van der Waals surface area (Å²) in [6.45, 7) is 4.03. The average Bonchev–Trinajstić information content (AvgIpc) is 3.28. The Hall–Kier alpha value is -2.36. The van der Waals surface area contributed by atoms with Crippen LogP contribution in [0, 0.1) is 13.8 Å². The van der Waals surface area contributed by atoms with E-state index in [1.165, 1.54) is 12.8 Å². The maximum atomic E-state index is 12.3. The summed E-state index contributed by atoms with van der Waals surface area (Å²) < 4.78 is 0. The van der Waals surface area contributed by atoms with E-state index in [1.807, 2.05) is 38.1 Å². The minimum Gasteiger partial charge on any atom is -0.382 e. The molecule has 0 bridgehead atoms. The van der Waals surface area contributed by atoms with Crippen LogP contribution in [0.1, 0.15) is 34.5 Å². The van der Waals surface area contributed by atoms with Crippen molar-refractivity contribution in [2.75, 3.05) is 10.6 Å². The third kappa shape index (κ3) is 3.21. The number of aryl methyl sites for hydroxylation is 1. The summed E-state index contributed by atoms with van der Waals surface area (Å²) in [6.07, 6.45) is 4.07. The number of aromatic nitrogens is 1. The molecule has 1 aromatic carbocycles. The molecule has 0 aliphatic heterocycles. The van der Waals surface area contributed by atoms with E-state index in [9.17, 15) is 4.79 Å². The molecule has 1 heterocycles. The van der Waals surface area contributed by atoms with Gasteiger partial charge in [0, 0.05) is 23.6 Å². The second kappa shape index (κ2) is 5.56. The molecule has 1 aliphatic carbocycles. The van der Waals surface area contributed by atoms with Crippen LogP contribution in [-0.4, -0.2) is 16.9 Å². The summed E-state index contributed by atoms with van der Waals surface area (Å²) in [6, 6.07) is 10.1. The Bertz CT molecular complexity index is 677. The maximum Gasteiger partial charge on any atom is 0.274 e. The molecule has 4 nitrogen and oxygen atoms in total. The van der Waals surface area contributed by atoms with Gasteiger partial charge in [-0.15, -0.1) is 0 Å². The number of hydrogen-bond acceptors (Lipinski definition) is 3. The van der Waals surface area contributed by atoms with Crippen LogP contribution in [0.2, 0.25) is 0 Å². The number of hydrogen-bond donors (Lipinski definition) is 2. The highest BCUT2D eigenvalue weighted by molar-refractivity contribution is 6.03. The second-order valence-corrected chi connectivity index (χ2v) is 5.55. The van der Waals surface area contributed by atoms with Crippen LogP contribution in [0.15, 0.2) is 36.5 Å². The molecule has 0 unspecified atom stereocenters. The zero-order valence-corrected chi connectivity index (χ0v) is 12.3. The van der Waals surface area contributed by atoms with Crippen molar-refractivity contribution >= 4 is 17.3 Å². The molecule has 3 rings (SSSR count). The monoisotopic (exact) mass is 281 g/mol. The van der Waals surface area contributed by atoms with Crippen LogP contribution < -0.4 is 10.6 Å². The SMILES string of the molecule is Cc1cccc(NC(=O)c2cc(NC3CC3)ccn2)c1C. The molecule has 0 saturated heterocycles. The zero-order valence-electron chi connectivity index (χ0n) is 12.3. The third-order valence-corrected chi connectivity index (χ3v) is 3.79. The van der Waals surface area contributed by atoms with Gasteiger partial charge in [0.1, 0.15) is 5.69 Å². The van der Waals surface area contributed by atoms with Crippen molar-refractivity contribution < 1.29 is 4.79 Å². The topological polar surface area (TPSA) is 54.0 Å². The number of pyridine rings is 1. The standard InChI is InChI=1S/C17H19N3O/c1-11-4-3-5-15(12(11)2)20-17(21)16-10-14(8-9-18-16)19-13-6-7-13/h3-5,8-10,13H,6-7H2,1-2H3,(H,18,19)(H,20,21). The second-order valence-electron chi connectivity index (χ2n) is 5.55. The van der Waals surface area contributed by atoms with Gasteiger partial charge >= 0.3 is 0 Å². The van der Waals surface area contributed by atoms with E-state index >= 15 is 0 Å². The molecule has 21 heavy (non-hydrogen) atoms. The largest absolute Gasteiger partial charge is 0.382 e. The van der Waals surface area contributed by atoms with E-state index in [2.05, 4.69) is 15.6 Å². The fourth-order valence-electron chi connectivity index (χ4n) is 2.18. The molecule has 4 heteroatoms. The Morgan fingerprint density at radius 3 is 2.81 bits per heavy atom. The van der Waals surface area contributed by atoms with Crippen LogP contribution >= 0.6 is 0 Å². The van der Waals surface area contributed by atoms with Crippen molar-refractivity contribution in [3.63, 3.8) is 0 Å². The van der Waals surface area contributed by atoms with Crippen molar-refractivity contribution in [3.05, 3.63) is 53.3 Å². The van der Waals surface area contributed by atoms with Gasteiger partial charge in [-0.3, -0.25) is 9.78 Å². The summed E-state index contributed by atoms with van der Waals surface area (Å²) in [5.74, 6) is -0.178. The number of rotatable bonds is 4. The number of benzene rings is 1. The van der Waals surface area contributed by atoms with Gasteiger partial charge in [0.05, 0.1) is 0 Å². The lowest BCUT2D eigenvalue weighted by Gasteiger charge is -2.11. The van der Waals surface area contributed by atoms with E-state index in [-0.39, 0.29) is 5.91 Å². The highest BCUT2D eigenvalue weighted by Gasteiger charge is 2.21. The van der Waals surface area contributed by atoms with E-state index in [0.717, 1.165) is 22.5 Å². The first-order valence-corrected chi connectivity index (χ1v) is 7.23. The Balaban J connectivity index is 1.76. The van der Waals surface area contributed by atoms with Gasteiger partial charge in [-0.25, -0.2) is 0 Å². The molecule has 0 radical (unpaired) electrons. The first-order chi connectivity index (χ1) is 10.1. The molecule has 1 fully saturated rings. The number of carbonyl (C=O) groups excluding carboxylic acids is 1. The minimum atomic E-state index is -0.178. The lowest BCUT2D eigenvalue weighted by molar-refractivity contribution is 0.102. The number of nitrogens with zero attached hydrogens (tertiary/aromatic N) is 1. The lowest BCUT2D eigenvalue weighted by Crippen LogP contribution is -2.15. The molecular formula is C17H19N3O. The summed E-state index contributed by atoms with van der Waals surface area (Å²) in [4.78, 5) is 16.5. The molecule has 1 saturated carbocycles. The van der Waals surface area contributed by atoms with Gasteiger partial charge in [-0.2, -0.15) is 0 Å². The summed E-state index contributed by atoms with van der Waals surface area (Å²) in [5, 5.41) is 6.31. The molecule has 1 amide bonds. The predicted octanol–water partition coefficient (Wildman–Crippen LogP) is 3.53. The Morgan fingerprint density at radius 1 is 1.24 bits per heavy atom. The summed E-state index contributed by atoms with van der Waals surface area (Å²) in [7, 11) is 0. The molecule has 0 atom stereocenters. The Labute approximate surface area is 124 Å². The van der Waals surface area contributed by atoms with Gasteiger partial charge in [0.2, 0.25) is 0 Å². The van der Waals surface area contributed by atoms with E-state index in [1.54, 1.807) is 12.3 Å². The van der Waals surface area contributed by atoms with E-state index < -0.39 is 0 Å². The van der Waals surface area contributed by atoms with Crippen molar-refractivity contribution in [1.82, 2.24) is 4.98 Å². The zero-order chi connectivity index (χ0) is 14.8. The first kappa shape index (κ1) is 13.6. The van der Waals surface area contributed by atoms with Crippen LogP contribution in [0.4, 0.5) is 11.4 Å². The van der Waals surface area contributed by atoms with Crippen molar-refractivity contribution in [1.29, 1.82) is 0 Å². The average molecular weight is 281 g/mol. The molecule has 1 aromatic heterocycles. The van der Waals surface area contributed by atoms with Crippen molar-refractivity contribution in [3.8, 4) is 0 Å². The maximum absolute atomic E-state index is 12.3. The van der Waals surface area contributed by atoms with E-state index in [4.69, 9.17) is 0 Å². The van der Waals surface area contributed by atoms with Crippen LogP contribution in [0.3, 0.4) is 0 Å². The van der Waals surface area contributed by atoms with E-state index in [0.29, 0.717) is 11.7 Å². The Kier molecular flexibility index (Phi) is 3.60. The van der Waals surface area contributed by atoms with Gasteiger partial charge < -0.3 is 10.6 Å². The molecule has 2 N–H and O–H groups in total. The number of amides is 1. The number of anilines is 2. The quantitative estimate of drug-likeness (QED) is 0.901. The predicted molar refractivity (Wildman–Crippen MR) is 84.8 cm³/mol. The van der Waals surface area contributed by atoms with Gasteiger partial charge in [-0.1, -0.05) is 12.1 Å². The summed E-state index contributed by atoms with van der Waals surface area (Å²) >= 11 is 0. The number of nitrogens with one attached hydrogen (secondary N) is 2. The lowest BCUT2D eigenvalue weighted by atomic mass is 10.1. The highest BCUT2D eigenvalue weighted by atomic mass is 16.1. The normalized spacial score (nSPS) is 13.8. The molecule has 1 aliphatic rings. The van der Waals surface area contributed by atoms with Gasteiger partial charge in [-0.05, 0) is 56.0 Å². The fraction of sp³-hybridized carbons (Fsp3) is 0.294. The third-order valence-electron chi connectivity index (χ3n) is 3.79. The molecular weight excluding hydrogens is 262 g/mol. The van der Waals surface area contributed by atoms with Crippen LogP contribution in [-0.2, 0) is 0 Å². The van der Waals surface area contributed by atoms with Crippen LogP contribution in [0.25, 0.3) is 0 Å². The molecule has 2 aromatic rings. The van der Waals surface area contributed by atoms with Gasteiger partial charge in [0.25, 0.3) is 5.91 Å². The highest BCUT2D eigenvalue weighted by Crippen LogP contribution is 2.25. The summed E-state index contributed by atoms with van der Waals surface area (Å²) in [5.41, 5.74) is 4.46. The number of carbonyl (C=O) groups is 1. The first-order valence-electron chi connectivity index (χ1n) is 7.23. The van der Waals surface area contributed by atoms with Gasteiger partial charge in [0.15, 0.2) is 0 Å². The van der Waals surface area contributed by atoms with Crippen LogP contribution in [0.5, 0.6) is 0 Å². The fourth-order valence-corrected chi connectivity index (χ4v) is 2.18.